The van der Waals surface area contributed by atoms with Gasteiger partial charge in [-0.2, -0.15) is 0 Å². The van der Waals surface area contributed by atoms with Crippen molar-refractivity contribution >= 4 is 13.2 Å². The van der Waals surface area contributed by atoms with Gasteiger partial charge in [0.2, 0.25) is 0 Å². The Morgan fingerprint density at radius 3 is 1.89 bits per heavy atom. The van der Waals surface area contributed by atoms with Crippen LogP contribution in [0.2, 0.25) is 0 Å². The maximum Gasteiger partial charge on any atom is 0.130 e. The summed E-state index contributed by atoms with van der Waals surface area (Å²) in [6, 6.07) is 14.4. The molecule has 2 nitrogen and oxygen atoms in total. The number of methoxy groups -OCH3 is 2. The first-order valence-electron chi connectivity index (χ1n) is 6.16. The summed E-state index contributed by atoms with van der Waals surface area (Å²) < 4.78 is 11.0. The Hall–Kier alpha value is -1.53. The second-order valence-corrected chi connectivity index (χ2v) is 6.72. The average Bonchev–Trinajstić information content (AvgIpc) is 2.46. The largest absolute Gasteiger partial charge is 0.496 e. The molecule has 2 aromatic rings. The van der Waals surface area contributed by atoms with Crippen molar-refractivity contribution in [3.05, 3.63) is 42.5 Å². The number of benzene rings is 2. The van der Waals surface area contributed by atoms with E-state index in [0.717, 1.165) is 17.1 Å². The van der Waals surface area contributed by atoms with Crippen LogP contribution in [-0.4, -0.2) is 27.5 Å². The normalized spacial score (nSPS) is 10.6. The summed E-state index contributed by atoms with van der Waals surface area (Å²) in [7, 11) is 3.21. The third kappa shape index (κ3) is 2.74. The van der Waals surface area contributed by atoms with Crippen molar-refractivity contribution in [1.82, 2.24) is 0 Å². The van der Waals surface area contributed by atoms with E-state index in [9.17, 15) is 0 Å². The molecule has 19 heavy (non-hydrogen) atoms. The van der Waals surface area contributed by atoms with Crippen molar-refractivity contribution in [1.29, 1.82) is 0 Å². The van der Waals surface area contributed by atoms with E-state index in [-0.39, 0.29) is 7.92 Å². The monoisotopic (exact) mass is 274 g/mol. The van der Waals surface area contributed by atoms with Crippen molar-refractivity contribution < 1.29 is 9.47 Å². The van der Waals surface area contributed by atoms with Gasteiger partial charge in [0.15, 0.2) is 0 Å². The zero-order valence-electron chi connectivity index (χ0n) is 11.8. The van der Waals surface area contributed by atoms with Gasteiger partial charge in [-0.15, -0.1) is 0 Å². The van der Waals surface area contributed by atoms with Crippen LogP contribution < -0.4 is 14.8 Å². The Morgan fingerprint density at radius 1 is 0.789 bits per heavy atom. The van der Waals surface area contributed by atoms with Crippen molar-refractivity contribution in [3.8, 4) is 22.6 Å². The summed E-state index contributed by atoms with van der Waals surface area (Å²) in [6.45, 7) is 4.52. The first kappa shape index (κ1) is 13.9. The SMILES string of the molecule is COc1cccc(OC)c1-c1ccccc1P(C)C. The van der Waals surface area contributed by atoms with Crippen molar-refractivity contribution in [3.63, 3.8) is 0 Å². The molecule has 0 amide bonds. The van der Waals surface area contributed by atoms with Gasteiger partial charge in [-0.3, -0.25) is 0 Å². The van der Waals surface area contributed by atoms with E-state index in [2.05, 4.69) is 37.6 Å². The van der Waals surface area contributed by atoms with Gasteiger partial charge in [0.1, 0.15) is 11.5 Å². The van der Waals surface area contributed by atoms with E-state index in [4.69, 9.17) is 9.47 Å². The second-order valence-electron chi connectivity index (χ2n) is 4.45. The molecule has 0 radical (unpaired) electrons. The zero-order chi connectivity index (χ0) is 13.8. The Kier molecular flexibility index (Phi) is 4.44. The summed E-state index contributed by atoms with van der Waals surface area (Å²) >= 11 is 0. The van der Waals surface area contributed by atoms with Gasteiger partial charge in [-0.1, -0.05) is 38.3 Å². The fourth-order valence-corrected chi connectivity index (χ4v) is 3.24. The highest BCUT2D eigenvalue weighted by atomic mass is 31.1. The smallest absolute Gasteiger partial charge is 0.130 e. The van der Waals surface area contributed by atoms with E-state index < -0.39 is 0 Å². The van der Waals surface area contributed by atoms with Crippen LogP contribution in [0.25, 0.3) is 11.1 Å². The molecule has 0 unspecified atom stereocenters. The van der Waals surface area contributed by atoms with Crippen LogP contribution in [-0.2, 0) is 0 Å². The van der Waals surface area contributed by atoms with Gasteiger partial charge in [-0.25, -0.2) is 0 Å². The molecule has 0 N–H and O–H groups in total. The molecule has 0 aliphatic heterocycles. The molecular weight excluding hydrogens is 255 g/mol. The number of hydrogen-bond donors (Lipinski definition) is 0. The molecule has 2 aromatic carbocycles. The molecule has 0 saturated heterocycles. The third-order valence-electron chi connectivity index (χ3n) is 3.08. The van der Waals surface area contributed by atoms with Gasteiger partial charge in [0.25, 0.3) is 0 Å². The summed E-state index contributed by atoms with van der Waals surface area (Å²) in [6.07, 6.45) is 0. The first-order chi connectivity index (χ1) is 9.19. The average molecular weight is 274 g/mol. The minimum atomic E-state index is -0.186. The van der Waals surface area contributed by atoms with Crippen LogP contribution in [0.4, 0.5) is 0 Å². The summed E-state index contributed by atoms with van der Waals surface area (Å²) in [5.41, 5.74) is 2.24. The highest BCUT2D eigenvalue weighted by Crippen LogP contribution is 2.40. The Bertz CT molecular complexity index is 542. The minimum Gasteiger partial charge on any atom is -0.496 e. The quantitative estimate of drug-likeness (QED) is 0.791. The molecule has 0 spiro atoms. The Balaban J connectivity index is 2.71. The van der Waals surface area contributed by atoms with Crippen LogP contribution >= 0.6 is 7.92 Å². The van der Waals surface area contributed by atoms with Gasteiger partial charge < -0.3 is 9.47 Å². The van der Waals surface area contributed by atoms with Crippen LogP contribution in [0, 0.1) is 0 Å². The summed E-state index contributed by atoms with van der Waals surface area (Å²) in [4.78, 5) is 0. The Morgan fingerprint density at radius 2 is 1.37 bits per heavy atom. The third-order valence-corrected chi connectivity index (χ3v) is 4.44. The van der Waals surface area contributed by atoms with Crippen molar-refractivity contribution in [2.45, 2.75) is 0 Å². The lowest BCUT2D eigenvalue weighted by Crippen LogP contribution is -2.05. The van der Waals surface area contributed by atoms with Gasteiger partial charge in [0, 0.05) is 0 Å². The second kappa shape index (κ2) is 6.08. The Labute approximate surface area is 116 Å². The van der Waals surface area contributed by atoms with E-state index in [1.165, 1.54) is 10.9 Å². The topological polar surface area (TPSA) is 18.5 Å². The summed E-state index contributed by atoms with van der Waals surface area (Å²) in [5.74, 6) is 1.70. The van der Waals surface area contributed by atoms with Crippen LogP contribution in [0.15, 0.2) is 42.5 Å². The van der Waals surface area contributed by atoms with Crippen LogP contribution in [0.3, 0.4) is 0 Å². The predicted octanol–water partition coefficient (Wildman–Crippen LogP) is 3.74. The fourth-order valence-electron chi connectivity index (χ4n) is 2.19. The molecule has 0 aromatic heterocycles. The lowest BCUT2D eigenvalue weighted by molar-refractivity contribution is 0.397. The molecule has 0 heterocycles. The van der Waals surface area contributed by atoms with Crippen molar-refractivity contribution in [2.75, 3.05) is 27.5 Å². The fraction of sp³-hybridized carbons (Fsp3) is 0.250. The van der Waals surface area contributed by atoms with E-state index >= 15 is 0 Å². The number of hydrogen-bond acceptors (Lipinski definition) is 2. The highest BCUT2D eigenvalue weighted by molar-refractivity contribution is 7.64. The molecule has 100 valence electrons. The van der Waals surface area contributed by atoms with E-state index in [0.29, 0.717) is 0 Å². The van der Waals surface area contributed by atoms with Gasteiger partial charge >= 0.3 is 0 Å². The number of rotatable bonds is 4. The standard InChI is InChI=1S/C16H19O2P/c1-17-13-9-7-10-14(18-2)16(13)12-8-5-6-11-15(12)19(3)4/h5-11H,1-4H3. The predicted molar refractivity (Wildman–Crippen MR) is 83.4 cm³/mol. The zero-order valence-corrected chi connectivity index (χ0v) is 12.7. The molecule has 3 heteroatoms. The minimum absolute atomic E-state index is 0.186. The molecular formula is C16H19O2P. The van der Waals surface area contributed by atoms with Crippen molar-refractivity contribution in [2.24, 2.45) is 0 Å². The molecule has 2 rings (SSSR count). The maximum absolute atomic E-state index is 5.50. The highest BCUT2D eigenvalue weighted by Gasteiger charge is 2.16. The van der Waals surface area contributed by atoms with Gasteiger partial charge in [-0.05, 0) is 36.3 Å². The lowest BCUT2D eigenvalue weighted by Gasteiger charge is -2.18. The molecule has 0 saturated carbocycles. The summed E-state index contributed by atoms with van der Waals surface area (Å²) in [5, 5.41) is 1.36. The molecule has 0 bridgehead atoms. The van der Waals surface area contributed by atoms with E-state index in [1.807, 2.05) is 18.2 Å². The molecule has 0 aliphatic carbocycles. The molecule has 0 aliphatic rings. The molecule has 0 atom stereocenters. The molecule has 0 fully saturated rings. The van der Waals surface area contributed by atoms with Gasteiger partial charge in [0.05, 0.1) is 19.8 Å². The lowest BCUT2D eigenvalue weighted by atomic mass is 10.0. The van der Waals surface area contributed by atoms with Crippen LogP contribution in [0.5, 0.6) is 11.5 Å². The first-order valence-corrected chi connectivity index (χ1v) is 8.40. The number of ether oxygens (including phenoxy) is 2. The van der Waals surface area contributed by atoms with E-state index in [1.54, 1.807) is 14.2 Å². The van der Waals surface area contributed by atoms with Crippen LogP contribution in [0.1, 0.15) is 0 Å². The maximum atomic E-state index is 5.50.